The van der Waals surface area contributed by atoms with Crippen molar-refractivity contribution in [3.05, 3.63) is 94.5 Å². The molecule has 3 rings (SSSR count). The summed E-state index contributed by atoms with van der Waals surface area (Å²) >= 11 is 3.42. The van der Waals surface area contributed by atoms with Crippen LogP contribution in [-0.4, -0.2) is 50.8 Å². The quantitative estimate of drug-likeness (QED) is 0.282. The van der Waals surface area contributed by atoms with Crippen LogP contribution in [0.5, 0.6) is 0 Å². The molecule has 0 bridgehead atoms. The number of aryl methyl sites for hydroxylation is 1. The van der Waals surface area contributed by atoms with Crippen molar-refractivity contribution >= 4 is 43.5 Å². The van der Waals surface area contributed by atoms with Crippen molar-refractivity contribution in [1.82, 2.24) is 10.2 Å². The van der Waals surface area contributed by atoms with Crippen LogP contribution in [-0.2, 0) is 26.0 Å². The van der Waals surface area contributed by atoms with Crippen molar-refractivity contribution in [2.24, 2.45) is 0 Å². The van der Waals surface area contributed by atoms with Crippen LogP contribution in [0.2, 0.25) is 0 Å². The predicted octanol–water partition coefficient (Wildman–Crippen LogP) is 5.33. The van der Waals surface area contributed by atoms with Crippen LogP contribution < -0.4 is 9.62 Å². The van der Waals surface area contributed by atoms with Gasteiger partial charge in [-0.05, 0) is 62.1 Å². The van der Waals surface area contributed by atoms with Crippen LogP contribution >= 0.6 is 15.9 Å². The molecule has 9 heteroatoms. The van der Waals surface area contributed by atoms with Crippen molar-refractivity contribution in [1.29, 1.82) is 0 Å². The van der Waals surface area contributed by atoms with Crippen LogP contribution in [0.15, 0.2) is 88.2 Å². The van der Waals surface area contributed by atoms with Gasteiger partial charge >= 0.3 is 0 Å². The zero-order chi connectivity index (χ0) is 28.4. The largest absolute Gasteiger partial charge is 0.354 e. The minimum absolute atomic E-state index is 0.0874. The Morgan fingerprint density at radius 3 is 2.26 bits per heavy atom. The molecule has 0 saturated carbocycles. The first-order valence-corrected chi connectivity index (χ1v) is 15.4. The monoisotopic (exact) mass is 613 g/mol. The fourth-order valence-corrected chi connectivity index (χ4v) is 6.05. The third kappa shape index (κ3) is 8.16. The Hall–Kier alpha value is -3.17. The van der Waals surface area contributed by atoms with Gasteiger partial charge < -0.3 is 10.2 Å². The molecule has 208 valence electrons. The van der Waals surface area contributed by atoms with Crippen molar-refractivity contribution in [3.63, 3.8) is 0 Å². The van der Waals surface area contributed by atoms with E-state index in [1.807, 2.05) is 51.1 Å². The third-order valence-electron chi connectivity index (χ3n) is 6.40. The van der Waals surface area contributed by atoms with E-state index in [-0.39, 0.29) is 17.3 Å². The molecule has 0 heterocycles. The summed E-state index contributed by atoms with van der Waals surface area (Å²) in [5, 5.41) is 2.90. The molecule has 0 unspecified atom stereocenters. The number of nitrogens with one attached hydrogen (secondary N) is 1. The van der Waals surface area contributed by atoms with Gasteiger partial charge in [-0.1, -0.05) is 83.9 Å². The average molecular weight is 615 g/mol. The first-order valence-electron chi connectivity index (χ1n) is 13.1. The second-order valence-corrected chi connectivity index (χ2v) is 12.1. The van der Waals surface area contributed by atoms with Crippen molar-refractivity contribution in [2.75, 3.05) is 23.9 Å². The molecule has 0 radical (unpaired) electrons. The van der Waals surface area contributed by atoms with E-state index in [0.29, 0.717) is 29.5 Å². The van der Waals surface area contributed by atoms with E-state index in [0.717, 1.165) is 21.9 Å². The standard InChI is InChI=1S/C30H36BrN3O4S/c1-4-19-32-30(36)28(5-2)33(20-18-24-10-7-6-8-11-24)29(35)22-34(26-13-9-12-25(31)21-26)39(37,38)27-16-14-23(3)15-17-27/h6-17,21,28H,4-5,18-20,22H2,1-3H3,(H,32,36)/t28-/m0/s1. The van der Waals surface area contributed by atoms with Crippen molar-refractivity contribution in [2.45, 2.75) is 51.0 Å². The number of anilines is 1. The van der Waals surface area contributed by atoms with Gasteiger partial charge in [0.05, 0.1) is 10.6 Å². The van der Waals surface area contributed by atoms with Gasteiger partial charge in [-0.2, -0.15) is 0 Å². The van der Waals surface area contributed by atoms with Gasteiger partial charge in [0.2, 0.25) is 11.8 Å². The highest BCUT2D eigenvalue weighted by atomic mass is 79.9. The van der Waals surface area contributed by atoms with E-state index in [9.17, 15) is 18.0 Å². The number of benzene rings is 3. The Balaban J connectivity index is 2.00. The Bertz CT molecular complexity index is 1350. The lowest BCUT2D eigenvalue weighted by molar-refractivity contribution is -0.139. The second kappa shape index (κ2) is 14.3. The second-order valence-electron chi connectivity index (χ2n) is 9.34. The summed E-state index contributed by atoms with van der Waals surface area (Å²) in [6.07, 6.45) is 1.70. The number of carbonyl (C=O) groups is 2. The maximum atomic E-state index is 14.0. The molecule has 2 amide bonds. The fourth-order valence-electron chi connectivity index (χ4n) is 4.26. The SMILES string of the molecule is CCCNC(=O)[C@H](CC)N(CCc1ccccc1)C(=O)CN(c1cccc(Br)c1)S(=O)(=O)c1ccc(C)cc1. The van der Waals surface area contributed by atoms with Crippen LogP contribution in [0.4, 0.5) is 5.69 Å². The highest BCUT2D eigenvalue weighted by Crippen LogP contribution is 2.27. The van der Waals surface area contributed by atoms with Crippen LogP contribution in [0.1, 0.15) is 37.8 Å². The van der Waals surface area contributed by atoms with E-state index in [2.05, 4.69) is 21.2 Å². The number of rotatable bonds is 13. The van der Waals surface area contributed by atoms with E-state index in [1.165, 1.54) is 4.90 Å². The average Bonchev–Trinajstić information content (AvgIpc) is 2.93. The molecule has 0 aliphatic rings. The van der Waals surface area contributed by atoms with Crippen molar-refractivity contribution < 1.29 is 18.0 Å². The normalized spacial score (nSPS) is 12.0. The zero-order valence-corrected chi connectivity index (χ0v) is 25.0. The van der Waals surface area contributed by atoms with Gasteiger partial charge in [-0.15, -0.1) is 0 Å². The molecule has 3 aromatic rings. The highest BCUT2D eigenvalue weighted by molar-refractivity contribution is 9.10. The van der Waals surface area contributed by atoms with Gasteiger partial charge in [0, 0.05) is 17.6 Å². The summed E-state index contributed by atoms with van der Waals surface area (Å²) in [5.41, 5.74) is 2.30. The van der Waals surface area contributed by atoms with E-state index in [4.69, 9.17) is 0 Å². The number of halogens is 1. The zero-order valence-electron chi connectivity index (χ0n) is 22.6. The van der Waals surface area contributed by atoms with Crippen molar-refractivity contribution in [3.8, 4) is 0 Å². The van der Waals surface area contributed by atoms with E-state index < -0.39 is 28.5 Å². The highest BCUT2D eigenvalue weighted by Gasteiger charge is 2.33. The molecule has 0 spiro atoms. The summed E-state index contributed by atoms with van der Waals surface area (Å²) in [4.78, 5) is 28.7. The Morgan fingerprint density at radius 1 is 0.949 bits per heavy atom. The molecule has 0 fully saturated rings. The Morgan fingerprint density at radius 2 is 1.64 bits per heavy atom. The topological polar surface area (TPSA) is 86.8 Å². The van der Waals surface area contributed by atoms with Crippen LogP contribution in [0, 0.1) is 6.92 Å². The smallest absolute Gasteiger partial charge is 0.264 e. The molecule has 39 heavy (non-hydrogen) atoms. The van der Waals surface area contributed by atoms with E-state index in [1.54, 1.807) is 48.5 Å². The molecule has 3 aromatic carbocycles. The summed E-state index contributed by atoms with van der Waals surface area (Å²) in [6, 6.07) is 22.4. The van der Waals surface area contributed by atoms with Gasteiger partial charge in [-0.3, -0.25) is 13.9 Å². The summed E-state index contributed by atoms with van der Waals surface area (Å²) in [7, 11) is -4.09. The lowest BCUT2D eigenvalue weighted by Gasteiger charge is -2.33. The lowest BCUT2D eigenvalue weighted by atomic mass is 10.1. The van der Waals surface area contributed by atoms with Gasteiger partial charge in [0.15, 0.2) is 0 Å². The first kappa shape index (κ1) is 30.4. The molecule has 0 aromatic heterocycles. The molecule has 1 N–H and O–H groups in total. The Kier molecular flexibility index (Phi) is 11.1. The predicted molar refractivity (Wildman–Crippen MR) is 159 cm³/mol. The van der Waals surface area contributed by atoms with Crippen LogP contribution in [0.25, 0.3) is 0 Å². The minimum atomic E-state index is -4.09. The molecule has 7 nitrogen and oxygen atoms in total. The molecular weight excluding hydrogens is 578 g/mol. The number of hydrogen-bond acceptors (Lipinski definition) is 4. The fraction of sp³-hybridized carbons (Fsp3) is 0.333. The maximum Gasteiger partial charge on any atom is 0.264 e. The lowest BCUT2D eigenvalue weighted by Crippen LogP contribution is -2.53. The number of hydrogen-bond donors (Lipinski definition) is 1. The Labute approximate surface area is 240 Å². The van der Waals surface area contributed by atoms with Gasteiger partial charge in [-0.25, -0.2) is 8.42 Å². The summed E-state index contributed by atoms with van der Waals surface area (Å²) in [6.45, 7) is 6.03. The number of sulfonamides is 1. The molecule has 1 atom stereocenters. The number of amides is 2. The van der Waals surface area contributed by atoms with Gasteiger partial charge in [0.1, 0.15) is 12.6 Å². The molecule has 0 aliphatic carbocycles. The number of carbonyl (C=O) groups excluding carboxylic acids is 2. The minimum Gasteiger partial charge on any atom is -0.354 e. The summed E-state index contributed by atoms with van der Waals surface area (Å²) < 4.78 is 29.5. The van der Waals surface area contributed by atoms with E-state index >= 15 is 0 Å². The molecule has 0 saturated heterocycles. The molecule has 0 aliphatic heterocycles. The maximum absolute atomic E-state index is 14.0. The summed E-state index contributed by atoms with van der Waals surface area (Å²) in [5.74, 6) is -0.684. The third-order valence-corrected chi connectivity index (χ3v) is 8.68. The van der Waals surface area contributed by atoms with Crippen LogP contribution in [0.3, 0.4) is 0 Å². The number of nitrogens with zero attached hydrogens (tertiary/aromatic N) is 2. The van der Waals surface area contributed by atoms with Gasteiger partial charge in [0.25, 0.3) is 10.0 Å². The molecular formula is C30H36BrN3O4S. The first-order chi connectivity index (χ1) is 18.7.